The van der Waals surface area contributed by atoms with Crippen LogP contribution in [0, 0.1) is 5.82 Å². The molecule has 1 aromatic carbocycles. The van der Waals surface area contributed by atoms with Crippen molar-refractivity contribution < 1.29 is 4.39 Å². The molecule has 0 radical (unpaired) electrons. The normalized spacial score (nSPS) is 15.9. The predicted molar refractivity (Wildman–Crippen MR) is 119 cm³/mol. The SMILES string of the molecule is CCCCn1nnnc1C(c1ccc(F)cc1)N1CCN(c2c(Cl)cncc2Cl)CC1. The van der Waals surface area contributed by atoms with Gasteiger partial charge in [-0.05, 0) is 34.5 Å². The average Bonchev–Trinajstić information content (AvgIpc) is 3.23. The van der Waals surface area contributed by atoms with Gasteiger partial charge >= 0.3 is 0 Å². The summed E-state index contributed by atoms with van der Waals surface area (Å²) in [5.41, 5.74) is 1.77. The molecule has 3 heterocycles. The molecule has 2 aromatic heterocycles. The van der Waals surface area contributed by atoms with Gasteiger partial charge in [0.1, 0.15) is 5.82 Å². The maximum atomic E-state index is 13.6. The van der Waals surface area contributed by atoms with Gasteiger partial charge in [-0.3, -0.25) is 9.88 Å². The lowest BCUT2D eigenvalue weighted by Crippen LogP contribution is -2.48. The molecular weight excluding hydrogens is 440 g/mol. The van der Waals surface area contributed by atoms with Crippen molar-refractivity contribution in [2.45, 2.75) is 32.4 Å². The highest BCUT2D eigenvalue weighted by molar-refractivity contribution is 6.38. The van der Waals surface area contributed by atoms with E-state index in [-0.39, 0.29) is 11.9 Å². The van der Waals surface area contributed by atoms with E-state index in [2.05, 4.69) is 37.2 Å². The Morgan fingerprint density at radius 2 is 1.71 bits per heavy atom. The number of halogens is 3. The van der Waals surface area contributed by atoms with E-state index >= 15 is 0 Å². The fraction of sp³-hybridized carbons (Fsp3) is 0.429. The standard InChI is InChI=1S/C21H24Cl2FN7/c1-2-3-8-31-21(26-27-28-31)19(15-4-6-16(24)7-5-15)29-9-11-30(12-10-29)20-17(22)13-25-14-18(20)23/h4-7,13-14,19H,2-3,8-12H2,1H3. The summed E-state index contributed by atoms with van der Waals surface area (Å²) in [6.45, 7) is 5.85. The number of nitrogens with zero attached hydrogens (tertiary/aromatic N) is 7. The lowest BCUT2D eigenvalue weighted by molar-refractivity contribution is 0.200. The Balaban J connectivity index is 1.60. The van der Waals surface area contributed by atoms with Gasteiger partial charge < -0.3 is 4.90 Å². The van der Waals surface area contributed by atoms with E-state index in [0.717, 1.165) is 62.6 Å². The number of benzene rings is 1. The van der Waals surface area contributed by atoms with Crippen molar-refractivity contribution in [3.63, 3.8) is 0 Å². The second-order valence-electron chi connectivity index (χ2n) is 7.54. The summed E-state index contributed by atoms with van der Waals surface area (Å²) in [4.78, 5) is 8.53. The number of rotatable bonds is 7. The molecule has 0 N–H and O–H groups in total. The predicted octanol–water partition coefficient (Wildman–Crippen LogP) is 4.23. The molecule has 1 atom stereocenters. The molecule has 4 rings (SSSR count). The third-order valence-corrected chi connectivity index (χ3v) is 6.09. The minimum absolute atomic E-state index is 0.169. The molecule has 1 fully saturated rings. The molecule has 0 amide bonds. The van der Waals surface area contributed by atoms with E-state index in [4.69, 9.17) is 23.2 Å². The second-order valence-corrected chi connectivity index (χ2v) is 8.36. The molecule has 31 heavy (non-hydrogen) atoms. The molecule has 0 aliphatic carbocycles. The van der Waals surface area contributed by atoms with Crippen LogP contribution in [0.5, 0.6) is 0 Å². The average molecular weight is 464 g/mol. The Kier molecular flexibility index (Phi) is 6.99. The van der Waals surface area contributed by atoms with Crippen molar-refractivity contribution in [3.05, 3.63) is 63.9 Å². The number of hydrogen-bond donors (Lipinski definition) is 0. The van der Waals surface area contributed by atoms with Crippen molar-refractivity contribution in [1.29, 1.82) is 0 Å². The van der Waals surface area contributed by atoms with Crippen LogP contribution in [0.2, 0.25) is 10.0 Å². The van der Waals surface area contributed by atoms with E-state index in [1.807, 2.05) is 16.8 Å². The first-order chi connectivity index (χ1) is 15.1. The third-order valence-electron chi connectivity index (χ3n) is 5.54. The van der Waals surface area contributed by atoms with E-state index < -0.39 is 0 Å². The Bertz CT molecular complexity index is 983. The molecule has 3 aromatic rings. The maximum absolute atomic E-state index is 13.6. The minimum atomic E-state index is -0.264. The van der Waals surface area contributed by atoms with Gasteiger partial charge in [0.15, 0.2) is 5.82 Å². The van der Waals surface area contributed by atoms with Crippen LogP contribution in [0.4, 0.5) is 10.1 Å². The van der Waals surface area contributed by atoms with Crippen LogP contribution in [0.3, 0.4) is 0 Å². The van der Waals surface area contributed by atoms with Gasteiger partial charge in [-0.15, -0.1) is 5.10 Å². The number of unbranched alkanes of at least 4 members (excludes halogenated alkanes) is 1. The van der Waals surface area contributed by atoms with Gasteiger partial charge in [-0.1, -0.05) is 48.7 Å². The summed E-state index contributed by atoms with van der Waals surface area (Å²) in [6, 6.07) is 6.41. The Labute approximate surface area is 190 Å². The number of tetrazole rings is 1. The van der Waals surface area contributed by atoms with E-state index in [0.29, 0.717) is 10.0 Å². The van der Waals surface area contributed by atoms with Crippen LogP contribution in [0.15, 0.2) is 36.7 Å². The van der Waals surface area contributed by atoms with Gasteiger partial charge in [-0.25, -0.2) is 9.07 Å². The number of aromatic nitrogens is 5. The highest BCUT2D eigenvalue weighted by atomic mass is 35.5. The van der Waals surface area contributed by atoms with E-state index in [1.165, 1.54) is 12.1 Å². The van der Waals surface area contributed by atoms with Gasteiger partial charge in [0.25, 0.3) is 0 Å². The Hall–Kier alpha value is -2.29. The lowest BCUT2D eigenvalue weighted by Gasteiger charge is -2.40. The highest BCUT2D eigenvalue weighted by Gasteiger charge is 2.31. The van der Waals surface area contributed by atoms with Crippen molar-refractivity contribution in [1.82, 2.24) is 30.1 Å². The van der Waals surface area contributed by atoms with Crippen LogP contribution in [-0.4, -0.2) is 56.3 Å². The number of anilines is 1. The first-order valence-corrected chi connectivity index (χ1v) is 11.1. The molecule has 1 aliphatic heterocycles. The quantitative estimate of drug-likeness (QED) is 0.522. The molecule has 7 nitrogen and oxygen atoms in total. The summed E-state index contributed by atoms with van der Waals surface area (Å²) in [5, 5.41) is 13.6. The van der Waals surface area contributed by atoms with Crippen molar-refractivity contribution in [3.8, 4) is 0 Å². The third kappa shape index (κ3) is 4.81. The molecular formula is C21H24Cl2FN7. The van der Waals surface area contributed by atoms with Gasteiger partial charge in [0.2, 0.25) is 0 Å². The summed E-state index contributed by atoms with van der Waals surface area (Å²) in [5.74, 6) is 0.508. The maximum Gasteiger partial charge on any atom is 0.173 e. The van der Waals surface area contributed by atoms with Gasteiger partial charge in [0, 0.05) is 45.1 Å². The smallest absolute Gasteiger partial charge is 0.173 e. The molecule has 0 saturated carbocycles. The van der Waals surface area contributed by atoms with Gasteiger partial charge in [0.05, 0.1) is 21.8 Å². The number of hydrogen-bond acceptors (Lipinski definition) is 6. The lowest BCUT2D eigenvalue weighted by atomic mass is 10.0. The zero-order chi connectivity index (χ0) is 21.8. The number of piperazine rings is 1. The van der Waals surface area contributed by atoms with Crippen molar-refractivity contribution in [2.24, 2.45) is 0 Å². The first kappa shape index (κ1) is 21.9. The molecule has 0 spiro atoms. The summed E-state index contributed by atoms with van der Waals surface area (Å²) >= 11 is 12.7. The molecule has 0 bridgehead atoms. The van der Waals surface area contributed by atoms with Crippen molar-refractivity contribution in [2.75, 3.05) is 31.1 Å². The Morgan fingerprint density at radius 3 is 2.35 bits per heavy atom. The van der Waals surface area contributed by atoms with Crippen LogP contribution in [0.1, 0.15) is 37.2 Å². The number of aryl methyl sites for hydroxylation is 1. The number of pyridine rings is 1. The van der Waals surface area contributed by atoms with Crippen LogP contribution < -0.4 is 4.90 Å². The molecule has 164 valence electrons. The first-order valence-electron chi connectivity index (χ1n) is 10.4. The molecule has 1 unspecified atom stereocenters. The monoisotopic (exact) mass is 463 g/mol. The zero-order valence-corrected chi connectivity index (χ0v) is 18.8. The van der Waals surface area contributed by atoms with E-state index in [9.17, 15) is 4.39 Å². The fourth-order valence-electron chi connectivity index (χ4n) is 3.95. The summed E-state index contributed by atoms with van der Waals surface area (Å²) in [6.07, 6.45) is 5.25. The van der Waals surface area contributed by atoms with E-state index in [1.54, 1.807) is 12.4 Å². The van der Waals surface area contributed by atoms with Crippen LogP contribution in [0.25, 0.3) is 0 Å². The fourth-order valence-corrected chi connectivity index (χ4v) is 4.56. The van der Waals surface area contributed by atoms with Gasteiger partial charge in [-0.2, -0.15) is 0 Å². The zero-order valence-electron chi connectivity index (χ0n) is 17.3. The van der Waals surface area contributed by atoms with Crippen LogP contribution >= 0.6 is 23.2 Å². The summed E-state index contributed by atoms with van der Waals surface area (Å²) < 4.78 is 15.5. The molecule has 1 aliphatic rings. The summed E-state index contributed by atoms with van der Waals surface area (Å²) in [7, 11) is 0. The second kappa shape index (κ2) is 9.89. The minimum Gasteiger partial charge on any atom is -0.366 e. The van der Waals surface area contributed by atoms with Crippen LogP contribution in [-0.2, 0) is 6.54 Å². The topological polar surface area (TPSA) is 63.0 Å². The largest absolute Gasteiger partial charge is 0.366 e. The molecule has 1 saturated heterocycles. The van der Waals surface area contributed by atoms with Crippen molar-refractivity contribution >= 4 is 28.9 Å². The Morgan fingerprint density at radius 1 is 1.03 bits per heavy atom. The molecule has 10 heteroatoms. The highest BCUT2D eigenvalue weighted by Crippen LogP contribution is 2.35.